The molecule has 0 atom stereocenters. The lowest BCUT2D eigenvalue weighted by Gasteiger charge is -1.98. The molecule has 8 nitrogen and oxygen atoms in total. The van der Waals surface area contributed by atoms with Gasteiger partial charge in [-0.25, -0.2) is 13.1 Å². The normalized spacial score (nSPS) is 12.0. The molecule has 0 spiro atoms. The van der Waals surface area contributed by atoms with Crippen LogP contribution in [0.3, 0.4) is 0 Å². The summed E-state index contributed by atoms with van der Waals surface area (Å²) in [5.41, 5.74) is 1.21. The maximum atomic E-state index is 11.9. The molecule has 0 aliphatic carbocycles. The van der Waals surface area contributed by atoms with Crippen LogP contribution < -0.4 is 4.72 Å². The lowest BCUT2D eigenvalue weighted by Crippen LogP contribution is -2.20. The smallest absolute Gasteiger partial charge is 0.242 e. The molecule has 1 aromatic carbocycles. The van der Waals surface area contributed by atoms with Crippen LogP contribution in [0.5, 0.6) is 0 Å². The Labute approximate surface area is 138 Å². The molecule has 0 radical (unpaired) electrons. The van der Waals surface area contributed by atoms with Gasteiger partial charge in [-0.2, -0.15) is 4.98 Å². The van der Waals surface area contributed by atoms with Crippen LogP contribution in [0, 0.1) is 6.92 Å². The highest BCUT2D eigenvalue weighted by atomic mass is 32.2. The number of hydrogen-bond donors (Lipinski definition) is 1. The summed E-state index contributed by atoms with van der Waals surface area (Å²) >= 11 is 0. The van der Waals surface area contributed by atoms with Gasteiger partial charge in [-0.15, -0.1) is 0 Å². The Morgan fingerprint density at radius 3 is 2.67 bits per heavy atom. The fourth-order valence-corrected chi connectivity index (χ4v) is 2.60. The van der Waals surface area contributed by atoms with Crippen LogP contribution in [-0.2, 0) is 16.6 Å². The number of aromatic nitrogens is 3. The molecule has 0 amide bonds. The van der Waals surface area contributed by atoms with Crippen molar-refractivity contribution in [1.29, 1.82) is 0 Å². The highest BCUT2D eigenvalue weighted by Gasteiger charge is 2.14. The van der Waals surface area contributed by atoms with Crippen LogP contribution in [0.4, 0.5) is 0 Å². The van der Waals surface area contributed by atoms with Gasteiger partial charge in [0.1, 0.15) is 5.76 Å². The maximum Gasteiger partial charge on any atom is 0.242 e. The van der Waals surface area contributed by atoms with Gasteiger partial charge in [-0.1, -0.05) is 40.6 Å². The van der Waals surface area contributed by atoms with E-state index in [2.05, 4.69) is 20.0 Å². The second-order valence-electron chi connectivity index (χ2n) is 4.91. The SMILES string of the molecule is Cc1cc(-c2noc(CNS(=O)(=O)/C=C/c3ccccc3)n2)no1. The van der Waals surface area contributed by atoms with Crippen molar-refractivity contribution in [2.75, 3.05) is 0 Å². The molecule has 2 aromatic heterocycles. The molecular weight excluding hydrogens is 332 g/mol. The van der Waals surface area contributed by atoms with Gasteiger partial charge in [-0.3, -0.25) is 0 Å². The average Bonchev–Trinajstić information content (AvgIpc) is 3.21. The fourth-order valence-electron chi connectivity index (χ4n) is 1.85. The number of nitrogens with one attached hydrogen (secondary N) is 1. The second kappa shape index (κ2) is 6.77. The molecule has 3 aromatic rings. The van der Waals surface area contributed by atoms with Crippen LogP contribution in [0.1, 0.15) is 17.2 Å². The van der Waals surface area contributed by atoms with E-state index in [-0.39, 0.29) is 18.3 Å². The third-order valence-electron chi connectivity index (χ3n) is 2.99. The summed E-state index contributed by atoms with van der Waals surface area (Å²) in [6.45, 7) is 1.62. The Morgan fingerprint density at radius 1 is 1.17 bits per heavy atom. The van der Waals surface area contributed by atoms with Crippen molar-refractivity contribution < 1.29 is 17.5 Å². The minimum Gasteiger partial charge on any atom is -0.361 e. The largest absolute Gasteiger partial charge is 0.361 e. The van der Waals surface area contributed by atoms with E-state index in [0.717, 1.165) is 11.0 Å². The van der Waals surface area contributed by atoms with Crippen molar-refractivity contribution in [1.82, 2.24) is 20.0 Å². The van der Waals surface area contributed by atoms with Crippen LogP contribution in [0.25, 0.3) is 17.6 Å². The van der Waals surface area contributed by atoms with Crippen molar-refractivity contribution in [3.8, 4) is 11.5 Å². The molecule has 2 heterocycles. The number of hydrogen-bond acceptors (Lipinski definition) is 7. The van der Waals surface area contributed by atoms with Crippen LogP contribution >= 0.6 is 0 Å². The first-order valence-corrected chi connectivity index (χ1v) is 8.55. The Bertz CT molecular complexity index is 945. The molecule has 0 fully saturated rings. The first-order chi connectivity index (χ1) is 11.5. The van der Waals surface area contributed by atoms with Gasteiger partial charge < -0.3 is 9.05 Å². The van der Waals surface area contributed by atoms with E-state index in [1.54, 1.807) is 25.1 Å². The molecule has 0 saturated carbocycles. The average molecular weight is 346 g/mol. The third kappa shape index (κ3) is 4.15. The standard InChI is InChI=1S/C15H14N4O4S/c1-11-9-13(18-22-11)15-17-14(23-19-15)10-16-24(20,21)8-7-12-5-3-2-4-6-12/h2-9,16H,10H2,1H3/b8-7+. The number of sulfonamides is 1. The molecule has 124 valence electrons. The zero-order valence-corrected chi connectivity index (χ0v) is 13.5. The zero-order chi connectivity index (χ0) is 17.0. The molecule has 1 N–H and O–H groups in total. The van der Waals surface area contributed by atoms with Crippen LogP contribution in [-0.4, -0.2) is 23.7 Å². The van der Waals surface area contributed by atoms with Gasteiger partial charge in [0.2, 0.25) is 21.7 Å². The molecule has 3 rings (SSSR count). The second-order valence-corrected chi connectivity index (χ2v) is 6.56. The molecule has 0 bridgehead atoms. The van der Waals surface area contributed by atoms with E-state index in [1.165, 1.54) is 6.08 Å². The number of benzene rings is 1. The number of nitrogens with zero attached hydrogens (tertiary/aromatic N) is 3. The Balaban J connectivity index is 1.63. The molecular formula is C15H14N4O4S. The molecule has 0 unspecified atom stereocenters. The van der Waals surface area contributed by atoms with Gasteiger partial charge in [0.25, 0.3) is 0 Å². The minimum absolute atomic E-state index is 0.120. The molecule has 0 aliphatic heterocycles. The van der Waals surface area contributed by atoms with E-state index < -0.39 is 10.0 Å². The van der Waals surface area contributed by atoms with Gasteiger partial charge in [0, 0.05) is 11.5 Å². The molecule has 24 heavy (non-hydrogen) atoms. The van der Waals surface area contributed by atoms with Crippen molar-refractivity contribution in [2.45, 2.75) is 13.5 Å². The van der Waals surface area contributed by atoms with Crippen LogP contribution in [0.15, 0.2) is 50.9 Å². The zero-order valence-electron chi connectivity index (χ0n) is 12.7. The van der Waals surface area contributed by atoms with E-state index in [0.29, 0.717) is 11.5 Å². The summed E-state index contributed by atoms with van der Waals surface area (Å²) in [7, 11) is -3.62. The van der Waals surface area contributed by atoms with Crippen molar-refractivity contribution >= 4 is 16.1 Å². The highest BCUT2D eigenvalue weighted by molar-refractivity contribution is 7.92. The predicted molar refractivity (Wildman–Crippen MR) is 85.8 cm³/mol. The maximum absolute atomic E-state index is 11.9. The highest BCUT2D eigenvalue weighted by Crippen LogP contribution is 2.15. The van der Waals surface area contributed by atoms with Gasteiger partial charge in [0.05, 0.1) is 6.54 Å². The molecule has 9 heteroatoms. The summed E-state index contributed by atoms with van der Waals surface area (Å²) in [6, 6.07) is 10.8. The van der Waals surface area contributed by atoms with Gasteiger partial charge in [0.15, 0.2) is 5.69 Å². The fraction of sp³-hybridized carbons (Fsp3) is 0.133. The van der Waals surface area contributed by atoms with E-state index >= 15 is 0 Å². The van der Waals surface area contributed by atoms with Crippen molar-refractivity contribution in [3.63, 3.8) is 0 Å². The lowest BCUT2D eigenvalue weighted by atomic mass is 10.2. The van der Waals surface area contributed by atoms with Gasteiger partial charge in [-0.05, 0) is 18.6 Å². The summed E-state index contributed by atoms with van der Waals surface area (Å²) < 4.78 is 36.2. The Morgan fingerprint density at radius 2 is 1.96 bits per heavy atom. The lowest BCUT2D eigenvalue weighted by molar-refractivity contribution is 0.374. The first kappa shape index (κ1) is 16.1. The van der Waals surface area contributed by atoms with Crippen molar-refractivity contribution in [2.24, 2.45) is 0 Å². The van der Waals surface area contributed by atoms with Gasteiger partial charge >= 0.3 is 0 Å². The summed E-state index contributed by atoms with van der Waals surface area (Å²) in [6.07, 6.45) is 1.50. The summed E-state index contributed by atoms with van der Waals surface area (Å²) in [5, 5.41) is 8.58. The topological polar surface area (TPSA) is 111 Å². The Hall–Kier alpha value is -2.78. The molecule has 0 aliphatic rings. The summed E-state index contributed by atoms with van der Waals surface area (Å²) in [5.74, 6) is 0.978. The number of rotatable bonds is 6. The minimum atomic E-state index is -3.62. The number of aryl methyl sites for hydroxylation is 1. The predicted octanol–water partition coefficient (Wildman–Crippen LogP) is 2.12. The van der Waals surface area contributed by atoms with Crippen molar-refractivity contribution in [3.05, 3.63) is 59.0 Å². The first-order valence-electron chi connectivity index (χ1n) is 7.01. The molecule has 0 saturated heterocycles. The summed E-state index contributed by atoms with van der Waals surface area (Å²) in [4.78, 5) is 4.06. The Kier molecular flexibility index (Phi) is 4.54. The van der Waals surface area contributed by atoms with E-state index in [9.17, 15) is 8.42 Å². The van der Waals surface area contributed by atoms with E-state index in [1.807, 2.05) is 18.2 Å². The quantitative estimate of drug-likeness (QED) is 0.727. The van der Waals surface area contributed by atoms with E-state index in [4.69, 9.17) is 9.05 Å². The van der Waals surface area contributed by atoms with Crippen LogP contribution in [0.2, 0.25) is 0 Å². The third-order valence-corrected chi connectivity index (χ3v) is 4.03. The monoisotopic (exact) mass is 346 g/mol.